The molecule has 0 amide bonds. The van der Waals surface area contributed by atoms with Gasteiger partial charge in [-0.1, -0.05) is 11.6 Å². The van der Waals surface area contributed by atoms with E-state index in [1.165, 1.54) is 6.20 Å². The van der Waals surface area contributed by atoms with Gasteiger partial charge in [0, 0.05) is 5.69 Å². The maximum absolute atomic E-state index is 6.02. The normalized spacial score (nSPS) is 9.94. The lowest BCUT2D eigenvalue weighted by atomic mass is 10.3. The number of rotatable bonds is 4. The van der Waals surface area contributed by atoms with Crippen LogP contribution in [0.25, 0.3) is 0 Å². The molecular formula is C11H12ClN5O. The van der Waals surface area contributed by atoms with Crippen LogP contribution in [0.5, 0.6) is 5.75 Å². The van der Waals surface area contributed by atoms with Gasteiger partial charge in [-0.15, -0.1) is 0 Å². The van der Waals surface area contributed by atoms with E-state index in [1.807, 2.05) is 6.07 Å². The van der Waals surface area contributed by atoms with Gasteiger partial charge in [-0.2, -0.15) is 0 Å². The number of hydrogen-bond donors (Lipinski definition) is 3. The molecule has 18 heavy (non-hydrogen) atoms. The minimum Gasteiger partial charge on any atom is -0.495 e. The summed E-state index contributed by atoms with van der Waals surface area (Å²) in [7, 11) is 1.57. The molecule has 1 aromatic heterocycles. The van der Waals surface area contributed by atoms with Crippen LogP contribution in [0, 0.1) is 0 Å². The smallest absolute Gasteiger partial charge is 0.160 e. The van der Waals surface area contributed by atoms with Crippen LogP contribution in [-0.4, -0.2) is 17.1 Å². The number of anilines is 3. The minimum absolute atomic E-state index is 0.472. The van der Waals surface area contributed by atoms with Gasteiger partial charge in [-0.3, -0.25) is 4.98 Å². The highest BCUT2D eigenvalue weighted by atomic mass is 35.5. The molecule has 0 aliphatic heterocycles. The average molecular weight is 266 g/mol. The summed E-state index contributed by atoms with van der Waals surface area (Å²) in [5.41, 5.74) is 3.20. The van der Waals surface area contributed by atoms with Crippen LogP contribution < -0.4 is 21.3 Å². The Morgan fingerprint density at radius 1 is 1.28 bits per heavy atom. The predicted molar refractivity (Wildman–Crippen MR) is 71.1 cm³/mol. The van der Waals surface area contributed by atoms with Gasteiger partial charge in [-0.05, 0) is 18.2 Å². The van der Waals surface area contributed by atoms with Crippen LogP contribution >= 0.6 is 11.6 Å². The first kappa shape index (κ1) is 12.4. The van der Waals surface area contributed by atoms with Gasteiger partial charge in [0.1, 0.15) is 5.75 Å². The molecule has 7 heteroatoms. The van der Waals surface area contributed by atoms with Crippen LogP contribution in [0.1, 0.15) is 0 Å². The van der Waals surface area contributed by atoms with Gasteiger partial charge in [0.05, 0.1) is 24.5 Å². The third-order valence-electron chi connectivity index (χ3n) is 2.21. The summed E-state index contributed by atoms with van der Waals surface area (Å²) < 4.78 is 5.07. The fourth-order valence-electron chi connectivity index (χ4n) is 1.39. The first-order valence-corrected chi connectivity index (χ1v) is 5.50. The number of methoxy groups -OCH3 is 1. The number of ether oxygens (including phenoxy) is 1. The van der Waals surface area contributed by atoms with E-state index in [1.54, 1.807) is 25.4 Å². The number of benzene rings is 1. The molecule has 94 valence electrons. The first-order chi connectivity index (χ1) is 8.72. The molecule has 0 spiro atoms. The van der Waals surface area contributed by atoms with Gasteiger partial charge in [0.25, 0.3) is 0 Å². The quantitative estimate of drug-likeness (QED) is 0.580. The van der Waals surface area contributed by atoms with Crippen molar-refractivity contribution in [2.75, 3.05) is 17.9 Å². The van der Waals surface area contributed by atoms with E-state index < -0.39 is 0 Å². The van der Waals surface area contributed by atoms with Crippen molar-refractivity contribution >= 4 is 28.9 Å². The van der Waals surface area contributed by atoms with Crippen LogP contribution in [0.2, 0.25) is 5.02 Å². The van der Waals surface area contributed by atoms with Crippen molar-refractivity contribution in [1.29, 1.82) is 0 Å². The maximum atomic E-state index is 6.02. The van der Waals surface area contributed by atoms with E-state index in [0.29, 0.717) is 22.4 Å². The minimum atomic E-state index is 0.472. The van der Waals surface area contributed by atoms with Crippen molar-refractivity contribution in [3.63, 3.8) is 0 Å². The lowest BCUT2D eigenvalue weighted by Crippen LogP contribution is -2.09. The van der Waals surface area contributed by atoms with Crippen molar-refractivity contribution in [3.05, 3.63) is 35.6 Å². The summed E-state index contributed by atoms with van der Waals surface area (Å²) in [6, 6.07) is 5.34. The number of nitrogens with zero attached hydrogens (tertiary/aromatic N) is 2. The SMILES string of the molecule is COc1ccc(Nc2cncc(NN)n2)cc1Cl. The average Bonchev–Trinajstić information content (AvgIpc) is 2.39. The molecule has 0 aliphatic carbocycles. The van der Waals surface area contributed by atoms with Crippen molar-refractivity contribution in [1.82, 2.24) is 9.97 Å². The zero-order valence-electron chi connectivity index (χ0n) is 9.64. The second kappa shape index (κ2) is 5.52. The van der Waals surface area contributed by atoms with Crippen molar-refractivity contribution in [2.24, 2.45) is 5.84 Å². The highest BCUT2D eigenvalue weighted by molar-refractivity contribution is 6.32. The highest BCUT2D eigenvalue weighted by Crippen LogP contribution is 2.28. The van der Waals surface area contributed by atoms with Gasteiger partial charge < -0.3 is 15.5 Å². The molecular weight excluding hydrogens is 254 g/mol. The Morgan fingerprint density at radius 2 is 2.06 bits per heavy atom. The molecule has 0 fully saturated rings. The van der Waals surface area contributed by atoms with Gasteiger partial charge in [-0.25, -0.2) is 10.8 Å². The van der Waals surface area contributed by atoms with E-state index in [9.17, 15) is 0 Å². The largest absolute Gasteiger partial charge is 0.495 e. The molecule has 0 saturated heterocycles. The fraction of sp³-hybridized carbons (Fsp3) is 0.0909. The number of hydrazine groups is 1. The Balaban J connectivity index is 2.20. The molecule has 6 nitrogen and oxygen atoms in total. The number of hydrogen-bond acceptors (Lipinski definition) is 6. The third kappa shape index (κ3) is 2.79. The number of nitrogens with one attached hydrogen (secondary N) is 2. The monoisotopic (exact) mass is 265 g/mol. The van der Waals surface area contributed by atoms with Crippen molar-refractivity contribution < 1.29 is 4.74 Å². The molecule has 0 atom stereocenters. The standard InChI is InChI=1S/C11H12ClN5O/c1-18-9-3-2-7(4-8(9)12)15-10-5-14-6-11(16-10)17-13/h2-6H,13H2,1H3,(H2,15,16,17). The lowest BCUT2D eigenvalue weighted by molar-refractivity contribution is 0.415. The van der Waals surface area contributed by atoms with E-state index in [-0.39, 0.29) is 0 Å². The zero-order chi connectivity index (χ0) is 13.0. The molecule has 1 aromatic carbocycles. The Morgan fingerprint density at radius 3 is 2.72 bits per heavy atom. The molecule has 0 aliphatic rings. The van der Waals surface area contributed by atoms with Crippen LogP contribution in [-0.2, 0) is 0 Å². The van der Waals surface area contributed by atoms with Crippen LogP contribution in [0.15, 0.2) is 30.6 Å². The number of nitrogen functional groups attached to an aromatic ring is 1. The second-order valence-electron chi connectivity index (χ2n) is 3.41. The Labute approximate surface area is 109 Å². The van der Waals surface area contributed by atoms with E-state index in [4.69, 9.17) is 22.2 Å². The fourth-order valence-corrected chi connectivity index (χ4v) is 1.65. The maximum Gasteiger partial charge on any atom is 0.160 e. The summed E-state index contributed by atoms with van der Waals surface area (Å²) in [4.78, 5) is 8.16. The van der Waals surface area contributed by atoms with Crippen molar-refractivity contribution in [2.45, 2.75) is 0 Å². The third-order valence-corrected chi connectivity index (χ3v) is 2.50. The molecule has 2 rings (SSSR count). The summed E-state index contributed by atoms with van der Waals surface area (Å²) in [6.07, 6.45) is 3.10. The van der Waals surface area contributed by atoms with Gasteiger partial charge in [0.15, 0.2) is 11.6 Å². The van der Waals surface area contributed by atoms with Crippen LogP contribution in [0.3, 0.4) is 0 Å². The second-order valence-corrected chi connectivity index (χ2v) is 3.82. The zero-order valence-corrected chi connectivity index (χ0v) is 10.4. The summed E-state index contributed by atoms with van der Waals surface area (Å²) in [6.45, 7) is 0. The van der Waals surface area contributed by atoms with Crippen LogP contribution in [0.4, 0.5) is 17.3 Å². The van der Waals surface area contributed by atoms with E-state index in [2.05, 4.69) is 20.7 Å². The van der Waals surface area contributed by atoms with E-state index in [0.717, 1.165) is 5.69 Å². The van der Waals surface area contributed by atoms with Gasteiger partial charge in [0.2, 0.25) is 0 Å². The van der Waals surface area contributed by atoms with Gasteiger partial charge >= 0.3 is 0 Å². The highest BCUT2D eigenvalue weighted by Gasteiger charge is 2.03. The number of nitrogens with two attached hydrogens (primary N) is 1. The van der Waals surface area contributed by atoms with E-state index >= 15 is 0 Å². The predicted octanol–water partition coefficient (Wildman–Crippen LogP) is 2.17. The molecule has 0 saturated carbocycles. The molecule has 0 radical (unpaired) electrons. The first-order valence-electron chi connectivity index (χ1n) is 5.12. The Hall–Kier alpha value is -2.05. The Kier molecular flexibility index (Phi) is 3.81. The number of aromatic nitrogens is 2. The Bertz CT molecular complexity index is 549. The summed E-state index contributed by atoms with van der Waals surface area (Å²) in [5, 5.41) is 3.58. The molecule has 4 N–H and O–H groups in total. The molecule has 0 unspecified atom stereocenters. The molecule has 0 bridgehead atoms. The molecule has 1 heterocycles. The molecule has 2 aromatic rings. The lowest BCUT2D eigenvalue weighted by Gasteiger charge is -2.08. The summed E-state index contributed by atoms with van der Waals surface area (Å²) >= 11 is 6.02. The summed E-state index contributed by atoms with van der Waals surface area (Å²) in [5.74, 6) is 6.91. The topological polar surface area (TPSA) is 85.1 Å². The number of halogens is 1. The van der Waals surface area contributed by atoms with Crippen molar-refractivity contribution in [3.8, 4) is 5.75 Å².